The normalized spacial score (nSPS) is 12.7. The van der Waals surface area contributed by atoms with Gasteiger partial charge in [0.25, 0.3) is 0 Å². The van der Waals surface area contributed by atoms with Gasteiger partial charge in [-0.3, -0.25) is 0 Å². The first-order valence-electron chi connectivity index (χ1n) is 5.97. The van der Waals surface area contributed by atoms with Gasteiger partial charge in [0.1, 0.15) is 0 Å². The van der Waals surface area contributed by atoms with E-state index in [9.17, 15) is 0 Å². The van der Waals surface area contributed by atoms with Crippen molar-refractivity contribution in [2.45, 2.75) is 19.9 Å². The predicted octanol–water partition coefficient (Wildman–Crippen LogP) is 5.72. The highest BCUT2D eigenvalue weighted by molar-refractivity contribution is 7.16. The Labute approximate surface area is 132 Å². The lowest BCUT2D eigenvalue weighted by Crippen LogP contribution is -2.21. The molecule has 0 radical (unpaired) electrons. The van der Waals surface area contributed by atoms with E-state index in [0.717, 1.165) is 22.0 Å². The Bertz CT molecular complexity index is 561. The molecular weight excluding hydrogens is 321 g/mol. The lowest BCUT2D eigenvalue weighted by atomic mass is 10.0. The summed E-state index contributed by atoms with van der Waals surface area (Å²) in [7, 11) is 0. The molecule has 0 bridgehead atoms. The van der Waals surface area contributed by atoms with Crippen LogP contribution in [0, 0.1) is 6.92 Å². The van der Waals surface area contributed by atoms with Crippen LogP contribution >= 0.6 is 46.1 Å². The molecule has 0 saturated heterocycles. The highest BCUT2D eigenvalue weighted by Gasteiger charge is 2.17. The molecule has 5 heteroatoms. The van der Waals surface area contributed by atoms with Crippen molar-refractivity contribution in [2.75, 3.05) is 6.54 Å². The first kappa shape index (κ1) is 15.1. The number of thiophene rings is 1. The number of rotatable bonds is 4. The smallest absolute Gasteiger partial charge is 0.0961 e. The van der Waals surface area contributed by atoms with Gasteiger partial charge in [0, 0.05) is 4.88 Å². The molecule has 2 aromatic rings. The van der Waals surface area contributed by atoms with Gasteiger partial charge in [-0.1, -0.05) is 47.8 Å². The second-order valence-corrected chi connectivity index (χ2v) is 6.77. The van der Waals surface area contributed by atoms with Crippen LogP contribution in [0.25, 0.3) is 0 Å². The maximum atomic E-state index is 6.16. The van der Waals surface area contributed by atoms with Crippen LogP contribution in [-0.4, -0.2) is 6.54 Å². The van der Waals surface area contributed by atoms with Gasteiger partial charge in [-0.25, -0.2) is 0 Å². The zero-order valence-corrected chi connectivity index (χ0v) is 13.7. The molecule has 1 nitrogen and oxygen atoms in total. The zero-order valence-electron chi connectivity index (χ0n) is 10.6. The van der Waals surface area contributed by atoms with Crippen molar-refractivity contribution in [1.29, 1.82) is 0 Å². The van der Waals surface area contributed by atoms with Crippen molar-refractivity contribution in [1.82, 2.24) is 5.32 Å². The van der Waals surface area contributed by atoms with Gasteiger partial charge in [-0.05, 0) is 42.8 Å². The number of benzene rings is 1. The second-order valence-electron chi connectivity index (χ2n) is 4.27. The summed E-state index contributed by atoms with van der Waals surface area (Å²) in [5.74, 6) is 0. The quantitative estimate of drug-likeness (QED) is 0.754. The highest BCUT2D eigenvalue weighted by Crippen LogP contribution is 2.35. The lowest BCUT2D eigenvalue weighted by molar-refractivity contribution is 0.639. The van der Waals surface area contributed by atoms with E-state index in [1.807, 2.05) is 25.1 Å². The van der Waals surface area contributed by atoms with Crippen LogP contribution in [0.5, 0.6) is 0 Å². The van der Waals surface area contributed by atoms with E-state index in [2.05, 4.69) is 18.3 Å². The summed E-state index contributed by atoms with van der Waals surface area (Å²) >= 11 is 19.8. The van der Waals surface area contributed by atoms with Gasteiger partial charge in [0.2, 0.25) is 0 Å². The molecule has 1 aromatic carbocycles. The van der Waals surface area contributed by atoms with Crippen LogP contribution in [0.3, 0.4) is 0 Å². The predicted molar refractivity (Wildman–Crippen MR) is 86.0 cm³/mol. The highest BCUT2D eigenvalue weighted by atomic mass is 35.5. The Hall–Kier alpha value is -0.250. The topological polar surface area (TPSA) is 12.0 Å². The molecule has 0 spiro atoms. The number of hydrogen-bond acceptors (Lipinski definition) is 2. The molecule has 1 heterocycles. The first-order valence-corrected chi connectivity index (χ1v) is 7.92. The molecule has 1 N–H and O–H groups in total. The average Bonchev–Trinajstić information content (AvgIpc) is 2.70. The third kappa shape index (κ3) is 3.45. The summed E-state index contributed by atoms with van der Waals surface area (Å²) in [6.07, 6.45) is 0. The van der Waals surface area contributed by atoms with Gasteiger partial charge in [-0.15, -0.1) is 11.3 Å². The molecule has 1 atom stereocenters. The van der Waals surface area contributed by atoms with Crippen LogP contribution in [-0.2, 0) is 0 Å². The van der Waals surface area contributed by atoms with Crippen molar-refractivity contribution in [3.63, 3.8) is 0 Å². The van der Waals surface area contributed by atoms with E-state index in [1.54, 1.807) is 11.3 Å². The first-order chi connectivity index (χ1) is 9.02. The molecule has 0 aliphatic heterocycles. The third-order valence-corrected chi connectivity index (χ3v) is 5.21. The summed E-state index contributed by atoms with van der Waals surface area (Å²) in [5, 5.41) is 4.59. The summed E-state index contributed by atoms with van der Waals surface area (Å²) in [6, 6.07) is 7.93. The largest absolute Gasteiger partial charge is 0.306 e. The maximum absolute atomic E-state index is 6.16. The van der Waals surface area contributed by atoms with Crippen LogP contribution < -0.4 is 5.32 Å². The van der Waals surface area contributed by atoms with Crippen molar-refractivity contribution >= 4 is 46.1 Å². The molecule has 0 aliphatic carbocycles. The minimum Gasteiger partial charge on any atom is -0.306 e. The molecular formula is C14H14Cl3NS. The molecule has 2 rings (SSSR count). The van der Waals surface area contributed by atoms with E-state index >= 15 is 0 Å². The fourth-order valence-corrected chi connectivity index (χ4v) is 3.53. The van der Waals surface area contributed by atoms with Crippen LogP contribution in [0.2, 0.25) is 14.4 Å². The lowest BCUT2D eigenvalue weighted by Gasteiger charge is -2.17. The Morgan fingerprint density at radius 3 is 2.42 bits per heavy atom. The fourth-order valence-electron chi connectivity index (χ4n) is 1.90. The molecule has 1 aromatic heterocycles. The monoisotopic (exact) mass is 333 g/mol. The number of nitrogens with one attached hydrogen (secondary N) is 1. The van der Waals surface area contributed by atoms with E-state index in [4.69, 9.17) is 34.8 Å². The SMILES string of the molecule is CCNC(c1ccc(Cl)c(Cl)c1)c1cc(C)c(Cl)s1. The standard InChI is InChI=1S/C14H14Cl3NS/c1-3-18-13(12-6-8(2)14(17)19-12)9-4-5-10(15)11(16)7-9/h4-7,13,18H,3H2,1-2H3. The Balaban J connectivity index is 2.41. The van der Waals surface area contributed by atoms with Crippen molar-refractivity contribution in [3.8, 4) is 0 Å². The van der Waals surface area contributed by atoms with Crippen molar-refractivity contribution < 1.29 is 0 Å². The van der Waals surface area contributed by atoms with Crippen LogP contribution in [0.4, 0.5) is 0 Å². The Morgan fingerprint density at radius 1 is 1.16 bits per heavy atom. The van der Waals surface area contributed by atoms with Crippen LogP contribution in [0.1, 0.15) is 29.0 Å². The molecule has 0 saturated carbocycles. The van der Waals surface area contributed by atoms with Gasteiger partial charge >= 0.3 is 0 Å². The molecule has 19 heavy (non-hydrogen) atoms. The summed E-state index contributed by atoms with van der Waals surface area (Å²) in [6.45, 7) is 4.95. The third-order valence-electron chi connectivity index (χ3n) is 2.85. The van der Waals surface area contributed by atoms with Crippen molar-refractivity contribution in [2.24, 2.45) is 0 Å². The van der Waals surface area contributed by atoms with E-state index in [0.29, 0.717) is 10.0 Å². The average molecular weight is 335 g/mol. The van der Waals surface area contributed by atoms with E-state index in [-0.39, 0.29) is 6.04 Å². The van der Waals surface area contributed by atoms with Gasteiger partial charge in [-0.2, -0.15) is 0 Å². The maximum Gasteiger partial charge on any atom is 0.0961 e. The fraction of sp³-hybridized carbons (Fsp3) is 0.286. The van der Waals surface area contributed by atoms with Crippen LogP contribution in [0.15, 0.2) is 24.3 Å². The summed E-state index contributed by atoms with van der Waals surface area (Å²) in [4.78, 5) is 1.18. The molecule has 0 amide bonds. The van der Waals surface area contributed by atoms with E-state index < -0.39 is 0 Å². The van der Waals surface area contributed by atoms with E-state index in [1.165, 1.54) is 4.88 Å². The Kier molecular flexibility index (Phi) is 5.15. The number of hydrogen-bond donors (Lipinski definition) is 1. The Morgan fingerprint density at radius 2 is 1.89 bits per heavy atom. The zero-order chi connectivity index (χ0) is 14.0. The van der Waals surface area contributed by atoms with Gasteiger partial charge in [0.05, 0.1) is 20.4 Å². The molecule has 102 valence electrons. The van der Waals surface area contributed by atoms with Gasteiger partial charge < -0.3 is 5.32 Å². The minimum atomic E-state index is 0.0935. The van der Waals surface area contributed by atoms with Crippen molar-refractivity contribution in [3.05, 3.63) is 54.7 Å². The second kappa shape index (κ2) is 6.47. The summed E-state index contributed by atoms with van der Waals surface area (Å²) in [5.41, 5.74) is 2.19. The molecule has 0 aliphatic rings. The summed E-state index contributed by atoms with van der Waals surface area (Å²) < 4.78 is 0.831. The van der Waals surface area contributed by atoms with Gasteiger partial charge in [0.15, 0.2) is 0 Å². The number of aryl methyl sites for hydroxylation is 1. The molecule has 0 fully saturated rings. The minimum absolute atomic E-state index is 0.0935. The molecule has 1 unspecified atom stereocenters. The number of halogens is 3.